The summed E-state index contributed by atoms with van der Waals surface area (Å²) < 4.78 is 3.74. The van der Waals surface area contributed by atoms with E-state index in [4.69, 9.17) is 0 Å². The molecule has 4 heteroatoms. The van der Waals surface area contributed by atoms with E-state index in [1.54, 1.807) is 0 Å². The van der Waals surface area contributed by atoms with Crippen LogP contribution in [0.1, 0.15) is 36.8 Å². The number of rotatable bonds is 6. The van der Waals surface area contributed by atoms with Gasteiger partial charge in [-0.3, -0.25) is 0 Å². The van der Waals surface area contributed by atoms with Crippen LogP contribution in [-0.2, 0) is 16.8 Å². The van der Waals surface area contributed by atoms with Crippen molar-refractivity contribution >= 4 is 34.1 Å². The molecule has 1 atom stereocenters. The van der Waals surface area contributed by atoms with Gasteiger partial charge in [0.05, 0.1) is 0 Å². The number of allylic oxidation sites excluding steroid dienone is 3. The molecule has 0 heterocycles. The van der Waals surface area contributed by atoms with Crippen LogP contribution < -0.4 is 3.80 Å². The van der Waals surface area contributed by atoms with Crippen LogP contribution in [0.25, 0.3) is 17.2 Å². The fourth-order valence-corrected chi connectivity index (χ4v) is 8.45. The molecule has 38 heavy (non-hydrogen) atoms. The number of benzene rings is 4. The van der Waals surface area contributed by atoms with Crippen molar-refractivity contribution in [2.24, 2.45) is 0 Å². The van der Waals surface area contributed by atoms with E-state index < -0.39 is 16.8 Å². The van der Waals surface area contributed by atoms with E-state index in [9.17, 15) is 4.79 Å². The first-order chi connectivity index (χ1) is 17.9. The zero-order chi connectivity index (χ0) is 26.3. The molecular weight excluding hydrogens is 514 g/mol. The van der Waals surface area contributed by atoms with Crippen molar-refractivity contribution in [3.8, 4) is 0 Å². The summed E-state index contributed by atoms with van der Waals surface area (Å²) in [7, 11) is 0. The van der Waals surface area contributed by atoms with Crippen LogP contribution in [0.2, 0.25) is 10.5 Å². The molecule has 192 valence electrons. The first-order valence-electron chi connectivity index (χ1n) is 12.5. The van der Waals surface area contributed by atoms with Crippen molar-refractivity contribution in [2.75, 3.05) is 0 Å². The van der Waals surface area contributed by atoms with Gasteiger partial charge in [-0.15, -0.1) is 0 Å². The number of amides is 1. The number of fused-ring (bicyclic) bond motifs is 1. The van der Waals surface area contributed by atoms with E-state index in [0.29, 0.717) is 4.22 Å². The fraction of sp³-hybridized carbons (Fsp3) is 0.0882. The third-order valence-corrected chi connectivity index (χ3v) is 11.2. The average molecular weight is 552 g/mol. The molecule has 4 aromatic rings. The van der Waals surface area contributed by atoms with Crippen molar-refractivity contribution in [2.45, 2.75) is 14.7 Å². The second-order valence-electron chi connectivity index (χ2n) is 9.70. The van der Waals surface area contributed by atoms with Gasteiger partial charge in [0.25, 0.3) is 0 Å². The molecule has 1 unspecified atom stereocenters. The topological polar surface area (TPSA) is 29.1 Å². The Morgan fingerprint density at radius 3 is 1.58 bits per heavy atom. The Bertz CT molecular complexity index is 1360. The zero-order valence-corrected chi connectivity index (χ0v) is 23.1. The number of carbonyl (C=O) groups is 1. The van der Waals surface area contributed by atoms with Gasteiger partial charge in [-0.05, 0) is 33.2 Å². The van der Waals surface area contributed by atoms with Gasteiger partial charge in [0.1, 0.15) is 0 Å². The van der Waals surface area contributed by atoms with Gasteiger partial charge in [-0.1, -0.05) is 73.8 Å². The molecule has 1 amide bonds. The molecule has 4 aromatic carbocycles. The zero-order valence-electron chi connectivity index (χ0n) is 21.5. The molecule has 0 saturated carbocycles. The van der Waals surface area contributed by atoms with Crippen LogP contribution in [0, 0.1) is 0 Å². The van der Waals surface area contributed by atoms with Crippen LogP contribution in [0.5, 0.6) is 0 Å². The Morgan fingerprint density at radius 2 is 1.08 bits per heavy atom. The molecular formula is C34H37NOSiTi. The predicted molar refractivity (Wildman–Crippen MR) is 166 cm³/mol. The molecule has 1 N–H and O–H groups in total. The first-order valence-corrected chi connectivity index (χ1v) is 17.3. The monoisotopic (exact) mass is 551 g/mol. The molecule has 2 nitrogen and oxygen atoms in total. The largest absolute Gasteiger partial charge is 0.0149 e. The fourth-order valence-electron chi connectivity index (χ4n) is 4.54. The smallest absolute Gasteiger partial charge is 0.0149 e. The van der Waals surface area contributed by atoms with Crippen LogP contribution in [0.4, 0.5) is 0 Å². The second-order valence-corrected chi connectivity index (χ2v) is 16.4. The molecule has 1 aliphatic carbocycles. The molecule has 0 bridgehead atoms. The van der Waals surface area contributed by atoms with Crippen molar-refractivity contribution in [3.05, 3.63) is 162 Å². The second kappa shape index (κ2) is 13.3. The van der Waals surface area contributed by atoms with E-state index in [0.717, 1.165) is 27.8 Å². The van der Waals surface area contributed by atoms with E-state index >= 15 is 0 Å². The maximum atomic E-state index is 12.4. The Hall–Kier alpha value is -3.50. The third-order valence-electron chi connectivity index (χ3n) is 6.66. The first kappa shape index (κ1) is 29.1. The Kier molecular flexibility index (Phi) is 10.2. The summed E-state index contributed by atoms with van der Waals surface area (Å²) in [4.78, 5) is 12.4. The van der Waals surface area contributed by atoms with Gasteiger partial charge < -0.3 is 0 Å². The molecule has 0 aromatic heterocycles. The minimum absolute atomic E-state index is 0. The van der Waals surface area contributed by atoms with Crippen molar-refractivity contribution in [1.29, 1.82) is 0 Å². The van der Waals surface area contributed by atoms with Crippen molar-refractivity contribution in [1.82, 2.24) is 3.80 Å². The number of hydrogen-bond donors (Lipinski definition) is 1. The van der Waals surface area contributed by atoms with Gasteiger partial charge in [0.15, 0.2) is 0 Å². The maximum Gasteiger partial charge on any atom is -0.0149 e. The van der Waals surface area contributed by atoms with Crippen LogP contribution in [0.15, 0.2) is 134 Å². The molecule has 0 fully saturated rings. The van der Waals surface area contributed by atoms with E-state index in [1.165, 1.54) is 11.1 Å². The quantitative estimate of drug-likeness (QED) is 0.198. The number of hydrogen-bond acceptors (Lipinski definition) is 1. The van der Waals surface area contributed by atoms with Crippen LogP contribution in [-0.4, -0.2) is 16.9 Å². The number of carbonyl (C=O) groups excluding carboxylic acids is 1. The minimum Gasteiger partial charge on any atom is -0.0149 e. The summed E-state index contributed by atoms with van der Waals surface area (Å²) in [5, 5.41) is 4.52. The SMILES string of the molecule is C=C(C(=C)c1ccccc1)c1ccccc1.[CH3][Ti]([CH3])([NH]C(=O)c1ccccc1)[CH]1C=Cc2ccccc21.[SiH4]. The third kappa shape index (κ3) is 7.08. The molecule has 5 rings (SSSR count). The van der Waals surface area contributed by atoms with Gasteiger partial charge in [0.2, 0.25) is 0 Å². The summed E-state index contributed by atoms with van der Waals surface area (Å²) in [5.41, 5.74) is 7.59. The van der Waals surface area contributed by atoms with Crippen molar-refractivity contribution < 1.29 is 21.6 Å². The molecule has 0 saturated heterocycles. The Labute approximate surface area is 235 Å². The van der Waals surface area contributed by atoms with Gasteiger partial charge in [0, 0.05) is 0 Å². The van der Waals surface area contributed by atoms with Crippen LogP contribution >= 0.6 is 0 Å². The summed E-state index contributed by atoms with van der Waals surface area (Å²) in [6.45, 7) is 8.20. The van der Waals surface area contributed by atoms with E-state index in [1.807, 2.05) is 66.7 Å². The minimum atomic E-state index is -2.52. The average Bonchev–Trinajstić information content (AvgIpc) is 3.39. The summed E-state index contributed by atoms with van der Waals surface area (Å²) >= 11 is -2.52. The van der Waals surface area contributed by atoms with Crippen LogP contribution in [0.3, 0.4) is 0 Å². The van der Waals surface area contributed by atoms with E-state index in [-0.39, 0.29) is 16.9 Å². The molecule has 0 radical (unpaired) electrons. The van der Waals surface area contributed by atoms with Gasteiger partial charge in [-0.25, -0.2) is 0 Å². The standard InChI is InChI=1S/C16H14.C9H7.C7H7NO.2CH3.H4Si.Ti/c1-13(15-9-5-3-6-10-15)14(2)16-11-7-4-8-12-16;1-2-5-9-7-3-6-8(9)4-1;8-7(9)6-4-2-1-3-5-6;;;;/h3-12H,1-2H2;1-7H;1-5H,(H2,8,9);2*1H3;1H4;/q;;;;;;+1/p-1. The molecule has 1 aliphatic rings. The maximum absolute atomic E-state index is 12.4. The summed E-state index contributed by atoms with van der Waals surface area (Å²) in [5.74, 6) is 0.0541. The van der Waals surface area contributed by atoms with Crippen molar-refractivity contribution in [3.63, 3.8) is 0 Å². The normalized spacial score (nSPS) is 13.3. The molecule has 0 spiro atoms. The summed E-state index contributed by atoms with van der Waals surface area (Å²) in [6, 6.07) is 38.2. The Morgan fingerprint density at radius 1 is 0.658 bits per heavy atom. The van der Waals surface area contributed by atoms with Gasteiger partial charge >= 0.3 is 129 Å². The van der Waals surface area contributed by atoms with E-state index in [2.05, 4.69) is 88.1 Å². The Balaban J connectivity index is 0.000000213. The molecule has 0 aliphatic heterocycles. The van der Waals surface area contributed by atoms with Gasteiger partial charge in [-0.2, -0.15) is 0 Å². The summed E-state index contributed by atoms with van der Waals surface area (Å²) in [6.07, 6.45) is 4.44. The number of nitrogens with one attached hydrogen (secondary N) is 1. The predicted octanol–water partition coefficient (Wildman–Crippen LogP) is 7.31.